The fourth-order valence-corrected chi connectivity index (χ4v) is 3.27. The van der Waals surface area contributed by atoms with Gasteiger partial charge in [-0.25, -0.2) is 13.2 Å². The van der Waals surface area contributed by atoms with Gasteiger partial charge in [-0.3, -0.25) is 9.59 Å². The standard InChI is InChI=1S/C13H17NO7S/c1-8(15)12(22(18,19)9(2)16)11-5-10(13(17)21-4)6-14(11)7-20-3/h5-6,12H,7H2,1-4H3. The van der Waals surface area contributed by atoms with Gasteiger partial charge in [-0.2, -0.15) is 0 Å². The van der Waals surface area contributed by atoms with E-state index in [9.17, 15) is 22.8 Å². The van der Waals surface area contributed by atoms with Crippen LogP contribution >= 0.6 is 0 Å². The number of sulfone groups is 1. The molecule has 1 atom stereocenters. The van der Waals surface area contributed by atoms with Crippen molar-refractivity contribution in [2.45, 2.75) is 25.8 Å². The molecule has 0 saturated heterocycles. The molecule has 1 heterocycles. The van der Waals surface area contributed by atoms with E-state index in [-0.39, 0.29) is 18.0 Å². The average Bonchev–Trinajstić information content (AvgIpc) is 2.81. The lowest BCUT2D eigenvalue weighted by atomic mass is 10.2. The summed E-state index contributed by atoms with van der Waals surface area (Å²) in [7, 11) is -1.83. The van der Waals surface area contributed by atoms with E-state index in [1.165, 1.54) is 31.0 Å². The molecule has 0 aromatic carbocycles. The van der Waals surface area contributed by atoms with Crippen molar-refractivity contribution in [1.82, 2.24) is 4.57 Å². The lowest BCUT2D eigenvalue weighted by Crippen LogP contribution is -2.27. The normalized spacial score (nSPS) is 12.7. The highest BCUT2D eigenvalue weighted by Crippen LogP contribution is 2.27. The fraction of sp³-hybridized carbons (Fsp3) is 0.462. The predicted octanol–water partition coefficient (Wildman–Crippen LogP) is 0.470. The van der Waals surface area contributed by atoms with Crippen LogP contribution in [-0.2, 0) is 35.6 Å². The van der Waals surface area contributed by atoms with E-state index < -0.39 is 32.0 Å². The number of ketones is 1. The van der Waals surface area contributed by atoms with Gasteiger partial charge in [0.1, 0.15) is 6.73 Å². The zero-order chi connectivity index (χ0) is 17.1. The van der Waals surface area contributed by atoms with Crippen LogP contribution in [0.1, 0.15) is 35.1 Å². The van der Waals surface area contributed by atoms with Crippen LogP contribution in [0.15, 0.2) is 12.3 Å². The Morgan fingerprint density at radius 3 is 2.23 bits per heavy atom. The number of hydrogen-bond acceptors (Lipinski definition) is 7. The van der Waals surface area contributed by atoms with Gasteiger partial charge in [0.15, 0.2) is 11.0 Å². The molecule has 1 unspecified atom stereocenters. The van der Waals surface area contributed by atoms with E-state index in [1.54, 1.807) is 0 Å². The molecule has 8 nitrogen and oxygen atoms in total. The summed E-state index contributed by atoms with van der Waals surface area (Å²) in [4.78, 5) is 34.8. The maximum atomic E-state index is 12.1. The molecule has 9 heteroatoms. The van der Waals surface area contributed by atoms with Gasteiger partial charge in [-0.1, -0.05) is 0 Å². The van der Waals surface area contributed by atoms with Gasteiger partial charge < -0.3 is 14.0 Å². The van der Waals surface area contributed by atoms with Crippen molar-refractivity contribution in [2.24, 2.45) is 0 Å². The molecule has 0 amide bonds. The number of carbonyl (C=O) groups is 3. The monoisotopic (exact) mass is 331 g/mol. The van der Waals surface area contributed by atoms with Crippen LogP contribution in [0, 0.1) is 0 Å². The van der Waals surface area contributed by atoms with E-state index in [4.69, 9.17) is 4.74 Å². The summed E-state index contributed by atoms with van der Waals surface area (Å²) < 4.78 is 35.0. The second-order valence-corrected chi connectivity index (χ2v) is 6.70. The van der Waals surface area contributed by atoms with E-state index in [0.29, 0.717) is 0 Å². The van der Waals surface area contributed by atoms with Gasteiger partial charge in [-0.15, -0.1) is 0 Å². The molecule has 0 radical (unpaired) electrons. The summed E-state index contributed by atoms with van der Waals surface area (Å²) >= 11 is 0. The number of nitrogens with zero attached hydrogens (tertiary/aromatic N) is 1. The smallest absolute Gasteiger partial charge is 0.339 e. The number of methoxy groups -OCH3 is 2. The zero-order valence-electron chi connectivity index (χ0n) is 12.7. The predicted molar refractivity (Wildman–Crippen MR) is 75.8 cm³/mol. The highest BCUT2D eigenvalue weighted by Gasteiger charge is 2.38. The molecule has 0 aliphatic rings. The molecule has 1 aromatic heterocycles. The first-order valence-corrected chi connectivity index (χ1v) is 7.73. The minimum Gasteiger partial charge on any atom is -0.465 e. The minimum absolute atomic E-state index is 0.0232. The Hall–Kier alpha value is -2.00. The summed E-state index contributed by atoms with van der Waals surface area (Å²) in [6, 6.07) is 1.21. The maximum absolute atomic E-state index is 12.1. The van der Waals surface area contributed by atoms with Crippen LogP contribution in [0.3, 0.4) is 0 Å². The Labute approximate surface area is 127 Å². The molecule has 0 aliphatic carbocycles. The largest absolute Gasteiger partial charge is 0.465 e. The molecule has 0 aliphatic heterocycles. The molecule has 0 N–H and O–H groups in total. The topological polar surface area (TPSA) is 109 Å². The lowest BCUT2D eigenvalue weighted by molar-refractivity contribution is -0.117. The molecule has 122 valence electrons. The van der Waals surface area contributed by atoms with Crippen LogP contribution < -0.4 is 0 Å². The van der Waals surface area contributed by atoms with Crippen molar-refractivity contribution in [3.05, 3.63) is 23.5 Å². The Bertz CT molecular complexity index is 702. The molecule has 22 heavy (non-hydrogen) atoms. The third-order valence-corrected chi connectivity index (χ3v) is 4.96. The van der Waals surface area contributed by atoms with Crippen molar-refractivity contribution in [2.75, 3.05) is 14.2 Å². The first-order valence-electron chi connectivity index (χ1n) is 6.19. The van der Waals surface area contributed by atoms with Crippen molar-refractivity contribution in [3.8, 4) is 0 Å². The first-order chi connectivity index (χ1) is 10.2. The van der Waals surface area contributed by atoms with Crippen molar-refractivity contribution < 1.29 is 32.3 Å². The third-order valence-electron chi connectivity index (χ3n) is 2.97. The van der Waals surface area contributed by atoms with E-state index in [0.717, 1.165) is 13.8 Å². The Morgan fingerprint density at radius 1 is 1.23 bits per heavy atom. The second-order valence-electron chi connectivity index (χ2n) is 4.56. The molecule has 1 rings (SSSR count). The summed E-state index contributed by atoms with van der Waals surface area (Å²) in [6.07, 6.45) is 1.30. The Balaban J connectivity index is 3.54. The molecular formula is C13H17NO7S. The van der Waals surface area contributed by atoms with Crippen molar-refractivity contribution in [3.63, 3.8) is 0 Å². The Morgan fingerprint density at radius 2 is 1.82 bits per heavy atom. The SMILES string of the molecule is COCn1cc(C(=O)OC)cc1C(C(C)=O)S(=O)(=O)C(C)=O. The number of Topliss-reactive ketones (excluding diaryl/α,β-unsaturated/α-hetero) is 1. The molecular weight excluding hydrogens is 314 g/mol. The van der Waals surface area contributed by atoms with Crippen LogP contribution in [-0.4, -0.2) is 44.1 Å². The van der Waals surface area contributed by atoms with E-state index >= 15 is 0 Å². The highest BCUT2D eigenvalue weighted by atomic mass is 32.2. The van der Waals surface area contributed by atoms with Gasteiger partial charge in [0, 0.05) is 25.9 Å². The lowest BCUT2D eigenvalue weighted by Gasteiger charge is -2.15. The number of hydrogen-bond donors (Lipinski definition) is 0. The van der Waals surface area contributed by atoms with Crippen LogP contribution in [0.5, 0.6) is 0 Å². The summed E-state index contributed by atoms with van der Waals surface area (Å²) in [5, 5.41) is -2.82. The molecule has 0 saturated carbocycles. The van der Waals surface area contributed by atoms with Gasteiger partial charge in [0.05, 0.1) is 12.7 Å². The molecule has 0 spiro atoms. The van der Waals surface area contributed by atoms with E-state index in [2.05, 4.69) is 4.74 Å². The quantitative estimate of drug-likeness (QED) is 0.697. The molecule has 1 aromatic rings. The van der Waals surface area contributed by atoms with Crippen LogP contribution in [0.25, 0.3) is 0 Å². The van der Waals surface area contributed by atoms with Gasteiger partial charge in [0.2, 0.25) is 15.0 Å². The molecule has 0 bridgehead atoms. The Kier molecular flexibility index (Phi) is 5.61. The average molecular weight is 331 g/mol. The number of esters is 1. The van der Waals surface area contributed by atoms with E-state index in [1.807, 2.05) is 0 Å². The third kappa shape index (κ3) is 3.42. The maximum Gasteiger partial charge on any atom is 0.339 e. The van der Waals surface area contributed by atoms with Gasteiger partial charge in [-0.05, 0) is 13.0 Å². The number of carbonyl (C=O) groups excluding carboxylic acids is 3. The number of aromatic nitrogens is 1. The fourth-order valence-electron chi connectivity index (χ4n) is 1.98. The van der Waals surface area contributed by atoms with Crippen LogP contribution in [0.2, 0.25) is 0 Å². The first kappa shape index (κ1) is 18.1. The summed E-state index contributed by atoms with van der Waals surface area (Å²) in [5.41, 5.74) is 0.0319. The summed E-state index contributed by atoms with van der Waals surface area (Å²) in [5.74, 6) is -1.43. The van der Waals surface area contributed by atoms with Gasteiger partial charge >= 0.3 is 5.97 Å². The van der Waals surface area contributed by atoms with Crippen LogP contribution in [0.4, 0.5) is 0 Å². The summed E-state index contributed by atoms with van der Waals surface area (Å²) in [6.45, 7) is 1.84. The van der Waals surface area contributed by atoms with Gasteiger partial charge in [0.25, 0.3) is 0 Å². The highest BCUT2D eigenvalue weighted by molar-refractivity contribution is 8.06. The zero-order valence-corrected chi connectivity index (χ0v) is 13.5. The second kappa shape index (κ2) is 6.84. The van der Waals surface area contributed by atoms with Crippen molar-refractivity contribution in [1.29, 1.82) is 0 Å². The number of ether oxygens (including phenoxy) is 2. The van der Waals surface area contributed by atoms with Crippen molar-refractivity contribution >= 4 is 26.7 Å². The minimum atomic E-state index is -4.37. The molecule has 0 fully saturated rings. The number of rotatable bonds is 6.